The van der Waals surface area contributed by atoms with Crippen LogP contribution in [0.15, 0.2) is 84.9 Å². The quantitative estimate of drug-likeness (QED) is 0.375. The Morgan fingerprint density at radius 3 is 1.00 bits per heavy atom. The van der Waals surface area contributed by atoms with Gasteiger partial charge in [-0.15, -0.1) is 0 Å². The fourth-order valence-corrected chi connectivity index (χ4v) is 6.19. The first-order chi connectivity index (χ1) is 9.90. The molecule has 3 aromatic carbocycles. The summed E-state index contributed by atoms with van der Waals surface area (Å²) in [6.07, 6.45) is 0. The third-order valence-corrected chi connectivity index (χ3v) is 8.07. The highest BCUT2D eigenvalue weighted by atomic mass is 127. The Morgan fingerprint density at radius 1 is 0.350 bits per heavy atom. The van der Waals surface area contributed by atoms with E-state index in [0.29, 0.717) is 0 Å². The van der Waals surface area contributed by atoms with Gasteiger partial charge in [0.05, 0.1) is 0 Å². The monoisotopic (exact) mass is 484 g/mol. The molecule has 0 nitrogen and oxygen atoms in total. The molecular formula is C18H14I2+2. The predicted molar refractivity (Wildman–Crippen MR) is 74.1 cm³/mol. The van der Waals surface area contributed by atoms with Crippen molar-refractivity contribution in [3.8, 4) is 0 Å². The standard InChI is InChI=1S/C18H14I2/c1-3-7-15(8-4-1)19-17-11-13-18(14-12-17)20-16-9-5-2-6-10-16/h1-14H/q+2. The van der Waals surface area contributed by atoms with Gasteiger partial charge >= 0.3 is 42.4 Å². The Balaban J connectivity index is 1.69. The van der Waals surface area contributed by atoms with Gasteiger partial charge in [0, 0.05) is 0 Å². The van der Waals surface area contributed by atoms with Crippen LogP contribution in [0.4, 0.5) is 0 Å². The van der Waals surface area contributed by atoms with Gasteiger partial charge in [0.2, 0.25) is 0 Å². The largest absolute Gasteiger partial charge is 0.357 e. The van der Waals surface area contributed by atoms with Crippen LogP contribution >= 0.6 is 0 Å². The summed E-state index contributed by atoms with van der Waals surface area (Å²) >= 11 is -0.0647. The highest BCUT2D eigenvalue weighted by molar-refractivity contribution is 5.04. The van der Waals surface area contributed by atoms with E-state index in [1.807, 2.05) is 0 Å². The zero-order chi connectivity index (χ0) is 13.6. The van der Waals surface area contributed by atoms with E-state index in [9.17, 15) is 0 Å². The summed E-state index contributed by atoms with van der Waals surface area (Å²) in [7, 11) is 0. The first-order valence-electron chi connectivity index (χ1n) is 6.40. The average Bonchev–Trinajstić information content (AvgIpc) is 2.51. The van der Waals surface area contributed by atoms with Crippen molar-refractivity contribution in [3.05, 3.63) is 99.2 Å². The van der Waals surface area contributed by atoms with E-state index >= 15 is 0 Å². The minimum absolute atomic E-state index is 0.0323. The smallest absolute Gasteiger partial charge is 0.0619 e. The van der Waals surface area contributed by atoms with Gasteiger partial charge in [-0.25, -0.2) is 0 Å². The number of hydrogen-bond acceptors (Lipinski definition) is 0. The van der Waals surface area contributed by atoms with Crippen molar-refractivity contribution in [3.63, 3.8) is 0 Å². The van der Waals surface area contributed by atoms with Crippen LogP contribution in [0.2, 0.25) is 0 Å². The van der Waals surface area contributed by atoms with Gasteiger partial charge in [-0.3, -0.25) is 0 Å². The molecule has 0 amide bonds. The van der Waals surface area contributed by atoms with Crippen molar-refractivity contribution in [2.24, 2.45) is 0 Å². The molecule has 0 radical (unpaired) electrons. The second kappa shape index (κ2) is 7.22. The Labute approximate surface area is 140 Å². The van der Waals surface area contributed by atoms with Crippen LogP contribution in [0.3, 0.4) is 0 Å². The molecule has 98 valence electrons. The second-order valence-electron chi connectivity index (χ2n) is 4.22. The number of halogens is 2. The van der Waals surface area contributed by atoms with Gasteiger partial charge in [-0.1, -0.05) is 36.4 Å². The van der Waals surface area contributed by atoms with Crippen LogP contribution in [0.1, 0.15) is 0 Å². The van der Waals surface area contributed by atoms with E-state index < -0.39 is 0 Å². The van der Waals surface area contributed by atoms with Crippen molar-refractivity contribution in [1.82, 2.24) is 0 Å². The first kappa shape index (κ1) is 14.1. The van der Waals surface area contributed by atoms with Crippen LogP contribution in [-0.2, 0) is 0 Å². The molecule has 0 heterocycles. The Hall–Kier alpha value is -0.880. The van der Waals surface area contributed by atoms with Crippen molar-refractivity contribution in [1.29, 1.82) is 0 Å². The lowest BCUT2D eigenvalue weighted by Crippen LogP contribution is -3.62. The molecule has 20 heavy (non-hydrogen) atoms. The first-order valence-corrected chi connectivity index (χ1v) is 10.7. The fraction of sp³-hybridized carbons (Fsp3) is 0. The summed E-state index contributed by atoms with van der Waals surface area (Å²) in [6.45, 7) is 0. The van der Waals surface area contributed by atoms with E-state index in [4.69, 9.17) is 0 Å². The average molecular weight is 484 g/mol. The maximum absolute atomic E-state index is 2.32. The number of benzene rings is 3. The lowest BCUT2D eigenvalue weighted by atomic mass is 10.4. The molecule has 0 bridgehead atoms. The molecule has 2 heteroatoms. The molecular weight excluding hydrogens is 470 g/mol. The highest BCUT2D eigenvalue weighted by Crippen LogP contribution is 1.88. The van der Waals surface area contributed by atoms with Crippen LogP contribution in [-0.4, -0.2) is 0 Å². The third-order valence-electron chi connectivity index (χ3n) is 2.71. The Kier molecular flexibility index (Phi) is 5.08. The lowest BCUT2D eigenvalue weighted by Gasteiger charge is -1.87. The van der Waals surface area contributed by atoms with E-state index in [2.05, 4.69) is 84.9 Å². The molecule has 0 aliphatic rings. The van der Waals surface area contributed by atoms with Crippen molar-refractivity contribution >= 4 is 0 Å². The molecule has 0 saturated carbocycles. The fourth-order valence-electron chi connectivity index (χ4n) is 1.76. The van der Waals surface area contributed by atoms with Gasteiger partial charge in [0.15, 0.2) is 14.3 Å². The van der Waals surface area contributed by atoms with Crippen LogP contribution in [0.25, 0.3) is 0 Å². The normalized spacial score (nSPS) is 10.4. The van der Waals surface area contributed by atoms with Gasteiger partial charge in [-0.2, -0.15) is 0 Å². The Morgan fingerprint density at radius 2 is 0.650 bits per heavy atom. The maximum Gasteiger partial charge on any atom is 0.357 e. The van der Waals surface area contributed by atoms with Gasteiger partial charge in [0.1, 0.15) is 0 Å². The minimum Gasteiger partial charge on any atom is -0.0619 e. The van der Waals surface area contributed by atoms with E-state index in [1.165, 1.54) is 14.3 Å². The molecule has 0 saturated heterocycles. The number of hydrogen-bond donors (Lipinski definition) is 0. The second-order valence-corrected chi connectivity index (χ2v) is 10.3. The molecule has 0 aliphatic carbocycles. The van der Waals surface area contributed by atoms with Crippen molar-refractivity contribution in [2.45, 2.75) is 0 Å². The minimum atomic E-state index is -0.0323. The highest BCUT2D eigenvalue weighted by Gasteiger charge is 2.18. The maximum atomic E-state index is 2.32. The molecule has 0 spiro atoms. The van der Waals surface area contributed by atoms with E-state index in [0.717, 1.165) is 0 Å². The van der Waals surface area contributed by atoms with Gasteiger partial charge < -0.3 is 0 Å². The molecule has 0 aliphatic heterocycles. The molecule has 3 aromatic rings. The molecule has 0 fully saturated rings. The summed E-state index contributed by atoms with van der Waals surface area (Å²) in [6, 6.07) is 30.9. The Bertz CT molecular complexity index is 586. The van der Waals surface area contributed by atoms with E-state index in [1.54, 1.807) is 0 Å². The van der Waals surface area contributed by atoms with Gasteiger partial charge in [0.25, 0.3) is 0 Å². The summed E-state index contributed by atoms with van der Waals surface area (Å²) in [4.78, 5) is 0. The molecule has 0 N–H and O–H groups in total. The molecule has 0 unspecified atom stereocenters. The summed E-state index contributed by atoms with van der Waals surface area (Å²) in [5.41, 5.74) is 0. The summed E-state index contributed by atoms with van der Waals surface area (Å²) in [5, 5.41) is 0. The molecule has 0 aromatic heterocycles. The zero-order valence-corrected chi connectivity index (χ0v) is 15.2. The molecule has 3 rings (SSSR count). The topological polar surface area (TPSA) is 0 Å². The van der Waals surface area contributed by atoms with Gasteiger partial charge in [-0.05, 0) is 48.5 Å². The van der Waals surface area contributed by atoms with Crippen LogP contribution in [0, 0.1) is 14.3 Å². The van der Waals surface area contributed by atoms with Crippen molar-refractivity contribution in [2.75, 3.05) is 0 Å². The van der Waals surface area contributed by atoms with Crippen LogP contribution in [0.5, 0.6) is 0 Å². The summed E-state index contributed by atoms with van der Waals surface area (Å²) in [5.74, 6) is 0. The number of rotatable bonds is 4. The lowest BCUT2D eigenvalue weighted by molar-refractivity contribution is -0.603. The SMILES string of the molecule is c1ccc([I+]c2ccc([I+]c3ccccc3)cc2)cc1. The van der Waals surface area contributed by atoms with E-state index in [-0.39, 0.29) is 42.4 Å². The van der Waals surface area contributed by atoms with Crippen molar-refractivity contribution < 1.29 is 42.4 Å². The third kappa shape index (κ3) is 4.06. The molecule has 0 atom stereocenters. The predicted octanol–water partition coefficient (Wildman–Crippen LogP) is -2.06. The summed E-state index contributed by atoms with van der Waals surface area (Å²) < 4.78 is 5.96. The van der Waals surface area contributed by atoms with Crippen LogP contribution < -0.4 is 42.4 Å². The zero-order valence-electron chi connectivity index (χ0n) is 10.8.